The molecule has 3 saturated heterocycles. The van der Waals surface area contributed by atoms with Gasteiger partial charge in [-0.3, -0.25) is 4.98 Å². The fourth-order valence-electron chi connectivity index (χ4n) is 7.78. The highest BCUT2D eigenvalue weighted by atomic mass is 19.1. The third kappa shape index (κ3) is 5.39. The molecule has 1 aliphatic carbocycles. The minimum atomic E-state index is -0.561. The van der Waals surface area contributed by atoms with Crippen LogP contribution in [0.3, 0.4) is 0 Å². The van der Waals surface area contributed by atoms with E-state index in [1.165, 1.54) is 6.07 Å². The lowest BCUT2D eigenvalue weighted by molar-refractivity contribution is 0.148. The number of aryl methyl sites for hydroxylation is 1. The molecule has 0 amide bonds. The third-order valence-corrected chi connectivity index (χ3v) is 10.5. The van der Waals surface area contributed by atoms with E-state index in [1.807, 2.05) is 19.1 Å². The predicted molar refractivity (Wildman–Crippen MR) is 174 cm³/mol. The van der Waals surface area contributed by atoms with Crippen LogP contribution in [0.1, 0.15) is 51.0 Å². The number of benzene rings is 2. The van der Waals surface area contributed by atoms with Crippen LogP contribution in [-0.2, 0) is 6.42 Å². The van der Waals surface area contributed by atoms with E-state index in [9.17, 15) is 8.78 Å². The van der Waals surface area contributed by atoms with Crippen molar-refractivity contribution in [1.82, 2.24) is 25.2 Å². The number of rotatable bonds is 8. The molecule has 7 nitrogen and oxygen atoms in total. The highest BCUT2D eigenvalue weighted by Crippen LogP contribution is 2.47. The first-order valence-electron chi connectivity index (χ1n) is 16.6. The van der Waals surface area contributed by atoms with Crippen LogP contribution in [-0.4, -0.2) is 71.3 Å². The lowest BCUT2D eigenvalue weighted by Crippen LogP contribution is -2.51. The number of nitrogens with one attached hydrogen (secondary N) is 1. The highest BCUT2D eigenvalue weighted by molar-refractivity contribution is 6.00. The van der Waals surface area contributed by atoms with Gasteiger partial charge in [0.2, 0.25) is 0 Å². The largest absolute Gasteiger partial charge is 0.463 e. The second kappa shape index (κ2) is 11.8. The molecule has 0 spiro atoms. The number of aromatic nitrogens is 3. The van der Waals surface area contributed by atoms with Gasteiger partial charge >= 0.3 is 6.01 Å². The summed E-state index contributed by atoms with van der Waals surface area (Å²) in [6.07, 6.45) is 8.69. The molecular formula is C36H39F3N6O. The van der Waals surface area contributed by atoms with E-state index >= 15 is 4.39 Å². The highest BCUT2D eigenvalue weighted by Gasteiger charge is 2.45. The molecule has 4 aromatic rings. The van der Waals surface area contributed by atoms with Crippen LogP contribution >= 0.6 is 0 Å². The standard InChI is InChI=1S/C36H39F3N6O/c1-2-26-29(38)9-6-23-4-3-5-27(30(23)26)32-31(39)33-28(17-40-32)34(45-18-24-7-8-25(19-45)41-24)43-35(42-33)46-21-36(12-13-36)20-44-14-10-22(16-37)11-15-44/h3-6,9,16-17,24-25,41H,2,7-8,10-15,18-21H2,1H3/t24-,25+. The Balaban J connectivity index is 1.17. The van der Waals surface area contributed by atoms with Gasteiger partial charge in [0.25, 0.3) is 0 Å². The Bertz CT molecular complexity index is 1820. The Kier molecular flexibility index (Phi) is 7.60. The van der Waals surface area contributed by atoms with Crippen molar-refractivity contribution in [2.24, 2.45) is 5.41 Å². The number of hydrogen-bond donors (Lipinski definition) is 1. The van der Waals surface area contributed by atoms with Crippen LogP contribution in [0.2, 0.25) is 0 Å². The maximum absolute atomic E-state index is 16.8. The number of anilines is 1. The molecule has 2 atom stereocenters. The summed E-state index contributed by atoms with van der Waals surface area (Å²) in [7, 11) is 0. The zero-order chi connectivity index (χ0) is 31.4. The topological polar surface area (TPSA) is 66.4 Å². The van der Waals surface area contributed by atoms with Gasteiger partial charge in [0.15, 0.2) is 5.82 Å². The van der Waals surface area contributed by atoms with Crippen molar-refractivity contribution in [1.29, 1.82) is 0 Å². The molecule has 46 heavy (non-hydrogen) atoms. The molecule has 3 aliphatic heterocycles. The summed E-state index contributed by atoms with van der Waals surface area (Å²) < 4.78 is 51.1. The van der Waals surface area contributed by atoms with E-state index in [2.05, 4.69) is 25.1 Å². The predicted octanol–water partition coefficient (Wildman–Crippen LogP) is 6.73. The van der Waals surface area contributed by atoms with Crippen LogP contribution in [0.15, 0.2) is 48.4 Å². The number of likely N-dealkylation sites (tertiary alicyclic amines) is 1. The summed E-state index contributed by atoms with van der Waals surface area (Å²) in [5, 5.41) is 5.71. The van der Waals surface area contributed by atoms with Crippen LogP contribution in [0, 0.1) is 17.0 Å². The summed E-state index contributed by atoms with van der Waals surface area (Å²) in [4.78, 5) is 18.8. The molecule has 4 aliphatic rings. The molecular weight excluding hydrogens is 589 g/mol. The third-order valence-electron chi connectivity index (χ3n) is 10.5. The number of halogens is 3. The van der Waals surface area contributed by atoms with Gasteiger partial charge in [-0.25, -0.2) is 13.2 Å². The van der Waals surface area contributed by atoms with E-state index < -0.39 is 5.82 Å². The molecule has 1 N–H and O–H groups in total. The van der Waals surface area contributed by atoms with Gasteiger partial charge in [-0.15, -0.1) is 0 Å². The van der Waals surface area contributed by atoms with Gasteiger partial charge < -0.3 is 19.9 Å². The monoisotopic (exact) mass is 628 g/mol. The Morgan fingerprint density at radius 1 is 1.04 bits per heavy atom. The van der Waals surface area contributed by atoms with Gasteiger partial charge in [0.05, 0.1) is 18.3 Å². The van der Waals surface area contributed by atoms with Crippen LogP contribution in [0.5, 0.6) is 6.01 Å². The molecule has 0 unspecified atom stereocenters. The van der Waals surface area contributed by atoms with Crippen molar-refractivity contribution in [2.45, 2.75) is 64.0 Å². The van der Waals surface area contributed by atoms with Gasteiger partial charge in [-0.1, -0.05) is 31.2 Å². The SMILES string of the molecule is CCc1c(F)ccc2cccc(-c3ncc4c(N5C[C@H]6CC[C@@H](C5)N6)nc(OCC5(CN6CCC(=CF)CC6)CC5)nc4c3F)c12. The molecule has 4 fully saturated rings. The first kappa shape index (κ1) is 29.6. The number of piperazine rings is 1. The van der Waals surface area contributed by atoms with Crippen molar-refractivity contribution in [2.75, 3.05) is 44.2 Å². The summed E-state index contributed by atoms with van der Waals surface area (Å²) in [6, 6.07) is 9.63. The van der Waals surface area contributed by atoms with Crippen LogP contribution in [0.4, 0.5) is 19.0 Å². The fraction of sp³-hybridized carbons (Fsp3) is 0.472. The lowest BCUT2D eigenvalue weighted by atomic mass is 9.95. The molecule has 1 saturated carbocycles. The number of ether oxygens (including phenoxy) is 1. The van der Waals surface area contributed by atoms with E-state index in [0.717, 1.165) is 88.5 Å². The van der Waals surface area contributed by atoms with E-state index in [1.54, 1.807) is 18.3 Å². The van der Waals surface area contributed by atoms with E-state index in [4.69, 9.17) is 9.72 Å². The maximum Gasteiger partial charge on any atom is 0.319 e. The number of piperidine rings is 1. The minimum absolute atomic E-state index is 0.00487. The normalized spacial score (nSPS) is 22.5. The van der Waals surface area contributed by atoms with Gasteiger partial charge in [-0.05, 0) is 72.9 Å². The second-order valence-electron chi connectivity index (χ2n) is 13.7. The second-order valence-corrected chi connectivity index (χ2v) is 13.7. The first-order chi connectivity index (χ1) is 22.4. The van der Waals surface area contributed by atoms with Crippen molar-refractivity contribution in [3.05, 3.63) is 65.6 Å². The lowest BCUT2D eigenvalue weighted by Gasteiger charge is -2.34. The minimum Gasteiger partial charge on any atom is -0.463 e. The molecule has 5 heterocycles. The van der Waals surface area contributed by atoms with Crippen LogP contribution < -0.4 is 15.0 Å². The molecule has 0 radical (unpaired) electrons. The average molecular weight is 629 g/mol. The number of fused-ring (bicyclic) bond motifs is 4. The molecule has 2 bridgehead atoms. The molecule has 8 rings (SSSR count). The Labute approximate surface area is 266 Å². The van der Waals surface area contributed by atoms with E-state index in [0.29, 0.717) is 52.8 Å². The van der Waals surface area contributed by atoms with Gasteiger partial charge in [0.1, 0.15) is 22.8 Å². The average Bonchev–Trinajstić information content (AvgIpc) is 3.77. The first-order valence-corrected chi connectivity index (χ1v) is 16.6. The summed E-state index contributed by atoms with van der Waals surface area (Å²) in [5.74, 6) is -0.231. The van der Waals surface area contributed by atoms with Gasteiger partial charge in [0, 0.05) is 62.0 Å². The van der Waals surface area contributed by atoms with Gasteiger partial charge in [-0.2, -0.15) is 9.97 Å². The zero-order valence-electron chi connectivity index (χ0n) is 26.2. The number of hydrogen-bond acceptors (Lipinski definition) is 7. The van der Waals surface area contributed by atoms with Crippen LogP contribution in [0.25, 0.3) is 32.9 Å². The van der Waals surface area contributed by atoms with Crippen molar-refractivity contribution >= 4 is 27.5 Å². The Morgan fingerprint density at radius 2 is 1.83 bits per heavy atom. The Morgan fingerprint density at radius 3 is 2.54 bits per heavy atom. The summed E-state index contributed by atoms with van der Waals surface area (Å²) >= 11 is 0. The summed E-state index contributed by atoms with van der Waals surface area (Å²) in [6.45, 7) is 6.45. The molecule has 2 aromatic carbocycles. The number of pyridine rings is 1. The van der Waals surface area contributed by atoms with Crippen molar-refractivity contribution < 1.29 is 17.9 Å². The number of nitrogens with zero attached hydrogens (tertiary/aromatic N) is 5. The fourth-order valence-corrected chi connectivity index (χ4v) is 7.78. The maximum atomic E-state index is 16.8. The smallest absolute Gasteiger partial charge is 0.319 e. The zero-order valence-corrected chi connectivity index (χ0v) is 26.2. The Hall–Kier alpha value is -3.76. The van der Waals surface area contributed by atoms with Crippen molar-refractivity contribution in [3.8, 4) is 17.3 Å². The molecule has 240 valence electrons. The summed E-state index contributed by atoms with van der Waals surface area (Å²) in [5.41, 5.74) is 2.26. The van der Waals surface area contributed by atoms with E-state index in [-0.39, 0.29) is 28.5 Å². The van der Waals surface area contributed by atoms with Crippen molar-refractivity contribution in [3.63, 3.8) is 0 Å². The quantitative estimate of drug-likeness (QED) is 0.232. The molecule has 10 heteroatoms. The molecule has 2 aromatic heterocycles.